The minimum absolute atomic E-state index is 0.0193. The lowest BCUT2D eigenvalue weighted by Crippen LogP contribution is -2.40. The molecule has 0 unspecified atom stereocenters. The second-order valence-corrected chi connectivity index (χ2v) is 7.62. The molecule has 19 heavy (non-hydrogen) atoms. The fraction of sp³-hybridized carbons (Fsp3) is 0.667. The molecule has 1 aromatic rings. The van der Waals surface area contributed by atoms with Crippen molar-refractivity contribution in [2.75, 3.05) is 18.6 Å². The maximum atomic E-state index is 11.8. The highest BCUT2D eigenvalue weighted by atomic mass is 32.2. The van der Waals surface area contributed by atoms with E-state index in [4.69, 9.17) is 0 Å². The van der Waals surface area contributed by atoms with E-state index in [9.17, 15) is 9.00 Å². The third-order valence-corrected chi connectivity index (χ3v) is 4.74. The summed E-state index contributed by atoms with van der Waals surface area (Å²) in [5.41, 5.74) is 0. The number of carbonyl (C=O) groups excluding carboxylic acids is 1. The van der Waals surface area contributed by atoms with Crippen molar-refractivity contribution in [1.82, 2.24) is 15.6 Å². The third kappa shape index (κ3) is 4.58. The standard InChI is InChI=1S/C12H19N3O2S2/c1-8-7-14-11(18-8)10(9-3-4-9)15-12(16)13-5-6-19(2)17/h7,9-10H,3-6H2,1-2H3,(H2,13,15,16)/t10-,19+/m1/s1. The van der Waals surface area contributed by atoms with Gasteiger partial charge in [-0.3, -0.25) is 4.21 Å². The lowest BCUT2D eigenvalue weighted by molar-refractivity contribution is 0.236. The van der Waals surface area contributed by atoms with Crippen molar-refractivity contribution in [3.63, 3.8) is 0 Å². The molecule has 106 valence electrons. The van der Waals surface area contributed by atoms with E-state index in [1.807, 2.05) is 13.1 Å². The van der Waals surface area contributed by atoms with Gasteiger partial charge in [0.2, 0.25) is 0 Å². The highest BCUT2D eigenvalue weighted by Crippen LogP contribution is 2.41. The van der Waals surface area contributed by atoms with Crippen LogP contribution in [0, 0.1) is 12.8 Å². The van der Waals surface area contributed by atoms with Gasteiger partial charge in [-0.15, -0.1) is 11.3 Å². The summed E-state index contributed by atoms with van der Waals surface area (Å²) in [6, 6.07) is -0.180. The Morgan fingerprint density at radius 2 is 2.37 bits per heavy atom. The summed E-state index contributed by atoms with van der Waals surface area (Å²) in [7, 11) is -0.877. The molecular formula is C12H19N3O2S2. The number of carbonyl (C=O) groups is 1. The van der Waals surface area contributed by atoms with Crippen LogP contribution in [0.15, 0.2) is 6.20 Å². The number of thiazole rings is 1. The topological polar surface area (TPSA) is 71.1 Å². The van der Waals surface area contributed by atoms with Gasteiger partial charge in [0, 0.05) is 40.4 Å². The molecule has 0 spiro atoms. The molecule has 0 radical (unpaired) electrons. The number of nitrogens with one attached hydrogen (secondary N) is 2. The first-order valence-corrected chi connectivity index (χ1v) is 8.87. The molecule has 0 aliphatic heterocycles. The van der Waals surface area contributed by atoms with Crippen LogP contribution in [0.25, 0.3) is 0 Å². The van der Waals surface area contributed by atoms with E-state index in [-0.39, 0.29) is 12.1 Å². The summed E-state index contributed by atoms with van der Waals surface area (Å²) in [5.74, 6) is 0.995. The first-order chi connectivity index (χ1) is 9.06. The van der Waals surface area contributed by atoms with E-state index in [0.717, 1.165) is 22.7 Å². The molecule has 2 amide bonds. The van der Waals surface area contributed by atoms with Crippen molar-refractivity contribution in [1.29, 1.82) is 0 Å². The first kappa shape index (κ1) is 14.5. The smallest absolute Gasteiger partial charge is 0.315 e. The van der Waals surface area contributed by atoms with Crippen molar-refractivity contribution in [3.8, 4) is 0 Å². The second kappa shape index (κ2) is 6.47. The minimum atomic E-state index is -0.877. The number of amides is 2. The molecule has 2 N–H and O–H groups in total. The van der Waals surface area contributed by atoms with E-state index in [1.54, 1.807) is 17.6 Å². The number of aromatic nitrogens is 1. The number of urea groups is 1. The number of nitrogens with zero attached hydrogens (tertiary/aromatic N) is 1. The van der Waals surface area contributed by atoms with Crippen molar-refractivity contribution in [2.45, 2.75) is 25.8 Å². The SMILES string of the molecule is Cc1cnc([C@H](NC(=O)NCC[S@](C)=O)C2CC2)s1. The van der Waals surface area contributed by atoms with Crippen LogP contribution < -0.4 is 10.6 Å². The summed E-state index contributed by atoms with van der Waals surface area (Å²) in [6.07, 6.45) is 5.76. The monoisotopic (exact) mass is 301 g/mol. The van der Waals surface area contributed by atoms with E-state index < -0.39 is 10.8 Å². The van der Waals surface area contributed by atoms with Gasteiger partial charge in [-0.25, -0.2) is 9.78 Å². The molecule has 5 nitrogen and oxygen atoms in total. The Bertz CT molecular complexity index is 471. The Kier molecular flexibility index (Phi) is 4.93. The Labute approximate surface area is 119 Å². The van der Waals surface area contributed by atoms with E-state index in [1.165, 1.54) is 0 Å². The largest absolute Gasteiger partial charge is 0.337 e. The summed E-state index contributed by atoms with van der Waals surface area (Å²) < 4.78 is 10.9. The van der Waals surface area contributed by atoms with Crippen LogP contribution in [0.1, 0.15) is 28.8 Å². The van der Waals surface area contributed by atoms with E-state index in [2.05, 4.69) is 15.6 Å². The van der Waals surface area contributed by atoms with E-state index in [0.29, 0.717) is 18.2 Å². The minimum Gasteiger partial charge on any atom is -0.337 e. The van der Waals surface area contributed by atoms with Crippen molar-refractivity contribution < 1.29 is 9.00 Å². The van der Waals surface area contributed by atoms with Crippen LogP contribution in [-0.2, 0) is 10.8 Å². The number of rotatable bonds is 6. The predicted molar refractivity (Wildman–Crippen MR) is 77.8 cm³/mol. The lowest BCUT2D eigenvalue weighted by Gasteiger charge is -2.16. The Balaban J connectivity index is 1.87. The predicted octanol–water partition coefficient (Wildman–Crippen LogP) is 1.58. The van der Waals surface area contributed by atoms with Gasteiger partial charge in [-0.2, -0.15) is 0 Å². The zero-order valence-corrected chi connectivity index (χ0v) is 12.8. The number of hydrogen-bond acceptors (Lipinski definition) is 4. The summed E-state index contributed by atoms with van der Waals surface area (Å²) in [6.45, 7) is 2.45. The number of aryl methyl sites for hydroxylation is 1. The van der Waals surface area contributed by atoms with Gasteiger partial charge in [-0.05, 0) is 25.7 Å². The Morgan fingerprint density at radius 3 is 2.89 bits per heavy atom. The molecule has 1 aliphatic carbocycles. The van der Waals surface area contributed by atoms with Crippen LogP contribution in [-0.4, -0.2) is 33.8 Å². The lowest BCUT2D eigenvalue weighted by atomic mass is 10.2. The molecule has 2 rings (SSSR count). The molecule has 1 saturated carbocycles. The van der Waals surface area contributed by atoms with Crippen LogP contribution in [0.5, 0.6) is 0 Å². The Hall–Kier alpha value is -0.950. The molecule has 1 aromatic heterocycles. The van der Waals surface area contributed by atoms with Gasteiger partial charge in [0.15, 0.2) is 0 Å². The summed E-state index contributed by atoms with van der Waals surface area (Å²) in [4.78, 5) is 17.3. The molecule has 7 heteroatoms. The molecule has 1 fully saturated rings. The van der Waals surface area contributed by atoms with Gasteiger partial charge in [0.05, 0.1) is 6.04 Å². The fourth-order valence-corrected chi connectivity index (χ4v) is 3.14. The van der Waals surface area contributed by atoms with Crippen LogP contribution in [0.3, 0.4) is 0 Å². The van der Waals surface area contributed by atoms with Crippen molar-refractivity contribution in [3.05, 3.63) is 16.1 Å². The highest BCUT2D eigenvalue weighted by Gasteiger charge is 2.35. The summed E-state index contributed by atoms with van der Waals surface area (Å²) >= 11 is 1.63. The average Bonchev–Trinajstić information content (AvgIpc) is 3.08. The average molecular weight is 301 g/mol. The molecular weight excluding hydrogens is 282 g/mol. The fourth-order valence-electron chi connectivity index (χ4n) is 1.83. The molecule has 2 atom stereocenters. The molecule has 1 heterocycles. The van der Waals surface area contributed by atoms with Gasteiger partial charge < -0.3 is 10.6 Å². The van der Waals surface area contributed by atoms with Crippen molar-refractivity contribution >= 4 is 28.2 Å². The van der Waals surface area contributed by atoms with Crippen LogP contribution in [0.4, 0.5) is 4.79 Å². The van der Waals surface area contributed by atoms with Gasteiger partial charge in [0.25, 0.3) is 0 Å². The molecule has 1 aliphatic rings. The van der Waals surface area contributed by atoms with E-state index >= 15 is 0 Å². The zero-order chi connectivity index (χ0) is 13.8. The van der Waals surface area contributed by atoms with Crippen molar-refractivity contribution in [2.24, 2.45) is 5.92 Å². The highest BCUT2D eigenvalue weighted by molar-refractivity contribution is 7.84. The van der Waals surface area contributed by atoms with Gasteiger partial charge in [0.1, 0.15) is 5.01 Å². The molecule has 0 saturated heterocycles. The van der Waals surface area contributed by atoms with Crippen LogP contribution in [0.2, 0.25) is 0 Å². The zero-order valence-electron chi connectivity index (χ0n) is 11.1. The maximum Gasteiger partial charge on any atom is 0.315 e. The normalized spacial score (nSPS) is 17.8. The third-order valence-electron chi connectivity index (χ3n) is 2.96. The molecule has 0 bridgehead atoms. The van der Waals surface area contributed by atoms with Gasteiger partial charge in [-0.1, -0.05) is 0 Å². The van der Waals surface area contributed by atoms with Crippen LogP contribution >= 0.6 is 11.3 Å². The summed E-state index contributed by atoms with van der Waals surface area (Å²) in [5, 5.41) is 6.70. The first-order valence-electron chi connectivity index (χ1n) is 6.33. The second-order valence-electron chi connectivity index (χ2n) is 4.80. The number of hydrogen-bond donors (Lipinski definition) is 2. The Morgan fingerprint density at radius 1 is 1.63 bits per heavy atom. The quantitative estimate of drug-likeness (QED) is 0.838. The van der Waals surface area contributed by atoms with Gasteiger partial charge >= 0.3 is 6.03 Å². The maximum absolute atomic E-state index is 11.8. The molecule has 0 aromatic carbocycles.